The summed E-state index contributed by atoms with van der Waals surface area (Å²) in [7, 11) is -1.62. The van der Waals surface area contributed by atoms with Crippen LogP contribution < -0.4 is 0 Å². The van der Waals surface area contributed by atoms with Gasteiger partial charge in [-0.15, -0.1) is 0 Å². The van der Waals surface area contributed by atoms with Gasteiger partial charge in [-0.1, -0.05) is 61.6 Å². The Morgan fingerprint density at radius 3 is 1.76 bits per heavy atom. The lowest BCUT2D eigenvalue weighted by Gasteiger charge is -2.49. The van der Waals surface area contributed by atoms with Crippen LogP contribution in [0, 0.1) is 11.8 Å². The maximum Gasteiger partial charge on any atom is 0.133 e. The van der Waals surface area contributed by atoms with E-state index in [0.717, 1.165) is 0 Å². The van der Waals surface area contributed by atoms with Gasteiger partial charge in [-0.2, -0.15) is 0 Å². The van der Waals surface area contributed by atoms with Crippen molar-refractivity contribution >= 4 is 13.9 Å². The van der Waals surface area contributed by atoms with Crippen LogP contribution in [-0.2, 0) is 4.79 Å². The van der Waals surface area contributed by atoms with Crippen molar-refractivity contribution in [3.63, 3.8) is 0 Å². The maximum atomic E-state index is 12.3. The lowest BCUT2D eigenvalue weighted by Crippen LogP contribution is -2.50. The Balaban J connectivity index is 5.44. The quantitative estimate of drug-likeness (QED) is 0.602. The van der Waals surface area contributed by atoms with E-state index in [0.29, 0.717) is 34.6 Å². The third-order valence-corrected chi connectivity index (χ3v) is 11.7. The Kier molecular flexibility index (Phi) is 5.65. The Morgan fingerprint density at radius 1 is 1.12 bits per heavy atom. The summed E-state index contributed by atoms with van der Waals surface area (Å²) in [6, 6.07) is 0. The van der Waals surface area contributed by atoms with Crippen LogP contribution in [0.4, 0.5) is 0 Å². The molecule has 0 bridgehead atoms. The second-order valence-electron chi connectivity index (χ2n) is 7.14. The third kappa shape index (κ3) is 3.21. The topological polar surface area (TPSA) is 17.1 Å². The predicted octanol–water partition coefficient (Wildman–Crippen LogP) is 5.14. The van der Waals surface area contributed by atoms with Crippen molar-refractivity contribution in [2.24, 2.45) is 11.8 Å². The molecule has 0 saturated heterocycles. The molecule has 0 N–H and O–H groups in total. The molecule has 102 valence electrons. The van der Waals surface area contributed by atoms with Crippen molar-refractivity contribution in [1.29, 1.82) is 0 Å². The van der Waals surface area contributed by atoms with Gasteiger partial charge in [0.15, 0.2) is 0 Å². The Bertz CT molecular complexity index is 264. The van der Waals surface area contributed by atoms with E-state index in [9.17, 15) is 4.79 Å². The first-order valence-corrected chi connectivity index (χ1v) is 10.1. The van der Waals surface area contributed by atoms with Crippen molar-refractivity contribution in [2.75, 3.05) is 0 Å². The van der Waals surface area contributed by atoms with E-state index in [4.69, 9.17) is 0 Å². The molecule has 0 radical (unpaired) electrons. The Morgan fingerprint density at radius 2 is 1.53 bits per heavy atom. The summed E-state index contributed by atoms with van der Waals surface area (Å²) >= 11 is 0. The van der Waals surface area contributed by atoms with Crippen LogP contribution in [0.1, 0.15) is 54.9 Å². The molecule has 0 aliphatic carbocycles. The molecule has 1 nitrogen and oxygen atoms in total. The van der Waals surface area contributed by atoms with Crippen LogP contribution >= 0.6 is 0 Å². The molecule has 0 rings (SSSR count). The summed E-state index contributed by atoms with van der Waals surface area (Å²) in [6.07, 6.45) is 0.688. The molecule has 0 heterocycles. The SMILES string of the molecule is CCC(=O)[C@H](C(C)C)[Si](C)(C)C(C)(C)C(C)C. The minimum atomic E-state index is -1.62. The van der Waals surface area contributed by atoms with E-state index in [-0.39, 0.29) is 0 Å². The molecule has 0 fully saturated rings. The number of hydrogen-bond acceptors (Lipinski definition) is 1. The molecule has 0 aliphatic heterocycles. The van der Waals surface area contributed by atoms with E-state index in [1.807, 2.05) is 6.92 Å². The summed E-state index contributed by atoms with van der Waals surface area (Å²) in [6.45, 7) is 20.6. The normalized spacial score (nSPS) is 15.5. The highest BCUT2D eigenvalue weighted by atomic mass is 28.3. The van der Waals surface area contributed by atoms with Crippen molar-refractivity contribution < 1.29 is 4.79 Å². The fourth-order valence-corrected chi connectivity index (χ4v) is 7.94. The molecular weight excluding hydrogens is 224 g/mol. The zero-order valence-electron chi connectivity index (χ0n) is 13.3. The minimum Gasteiger partial charge on any atom is -0.300 e. The van der Waals surface area contributed by atoms with E-state index < -0.39 is 8.07 Å². The average molecular weight is 257 g/mol. The highest BCUT2D eigenvalue weighted by Crippen LogP contribution is 2.51. The third-order valence-electron chi connectivity index (χ3n) is 5.24. The maximum absolute atomic E-state index is 12.3. The highest BCUT2D eigenvalue weighted by molar-refractivity contribution is 6.84. The Labute approximate surface area is 109 Å². The molecule has 0 unspecified atom stereocenters. The van der Waals surface area contributed by atoms with Crippen LogP contribution in [0.2, 0.25) is 23.7 Å². The molecule has 0 aromatic carbocycles. The van der Waals surface area contributed by atoms with Crippen molar-refractivity contribution in [3.05, 3.63) is 0 Å². The summed E-state index contributed by atoms with van der Waals surface area (Å²) < 4.78 is 0. The van der Waals surface area contributed by atoms with Gasteiger partial charge in [-0.3, -0.25) is 4.79 Å². The van der Waals surface area contributed by atoms with E-state index >= 15 is 0 Å². The fraction of sp³-hybridized carbons (Fsp3) is 0.933. The molecule has 1 atom stereocenters. The van der Waals surface area contributed by atoms with E-state index in [2.05, 4.69) is 54.6 Å². The van der Waals surface area contributed by atoms with Crippen molar-refractivity contribution in [1.82, 2.24) is 0 Å². The summed E-state index contributed by atoms with van der Waals surface area (Å²) in [4.78, 5) is 12.3. The number of hydrogen-bond donors (Lipinski definition) is 0. The zero-order valence-corrected chi connectivity index (χ0v) is 14.3. The predicted molar refractivity (Wildman–Crippen MR) is 80.2 cm³/mol. The molecule has 0 aromatic rings. The van der Waals surface area contributed by atoms with Gasteiger partial charge in [0.25, 0.3) is 0 Å². The van der Waals surface area contributed by atoms with E-state index in [1.165, 1.54) is 0 Å². The molecule has 0 aliphatic rings. The van der Waals surface area contributed by atoms with Gasteiger partial charge in [0, 0.05) is 12.0 Å². The van der Waals surface area contributed by atoms with Crippen LogP contribution in [0.15, 0.2) is 0 Å². The zero-order chi connectivity index (χ0) is 14.0. The first kappa shape index (κ1) is 16.9. The molecule has 0 saturated carbocycles. The highest BCUT2D eigenvalue weighted by Gasteiger charge is 2.49. The first-order chi connectivity index (χ1) is 7.50. The Hall–Kier alpha value is -0.113. The molecule has 0 amide bonds. The second kappa shape index (κ2) is 5.68. The number of carbonyl (C=O) groups excluding carboxylic acids is 1. The van der Waals surface area contributed by atoms with Gasteiger partial charge < -0.3 is 0 Å². The van der Waals surface area contributed by atoms with Gasteiger partial charge in [-0.05, 0) is 16.9 Å². The molecular formula is C15H32OSi. The molecule has 0 aromatic heterocycles. The average Bonchev–Trinajstić information content (AvgIpc) is 2.15. The number of rotatable bonds is 6. The van der Waals surface area contributed by atoms with Gasteiger partial charge >= 0.3 is 0 Å². The lowest BCUT2D eigenvalue weighted by atomic mass is 9.99. The summed E-state index contributed by atoms with van der Waals surface area (Å²) in [5.74, 6) is 1.59. The van der Waals surface area contributed by atoms with Crippen LogP contribution in [0.3, 0.4) is 0 Å². The van der Waals surface area contributed by atoms with Gasteiger partial charge in [0.2, 0.25) is 0 Å². The lowest BCUT2D eigenvalue weighted by molar-refractivity contribution is -0.119. The summed E-state index contributed by atoms with van der Waals surface area (Å²) in [5, 5.41) is 0.298. The van der Waals surface area contributed by atoms with Gasteiger partial charge in [-0.25, -0.2) is 0 Å². The number of Topliss-reactive ketones (excluding diaryl/α,β-unsaturated/α-hetero) is 1. The van der Waals surface area contributed by atoms with E-state index in [1.54, 1.807) is 0 Å². The van der Waals surface area contributed by atoms with Crippen LogP contribution in [0.5, 0.6) is 0 Å². The number of ketones is 1. The minimum absolute atomic E-state index is 0.296. The monoisotopic (exact) mass is 256 g/mol. The first-order valence-electron chi connectivity index (χ1n) is 7.02. The number of carbonyl (C=O) groups is 1. The van der Waals surface area contributed by atoms with Crippen molar-refractivity contribution in [3.8, 4) is 0 Å². The molecule has 17 heavy (non-hydrogen) atoms. The van der Waals surface area contributed by atoms with Gasteiger partial charge in [0.05, 0.1) is 8.07 Å². The second-order valence-corrected chi connectivity index (χ2v) is 12.5. The summed E-state index contributed by atoms with van der Waals surface area (Å²) in [5.41, 5.74) is 0.296. The molecule has 0 spiro atoms. The standard InChI is InChI=1S/C15H32OSi/c1-10-13(16)14(11(2)3)17(8,9)15(6,7)12(4)5/h11-12,14H,10H2,1-9H3/t14-/m0/s1. The molecule has 2 heteroatoms. The fourth-order valence-electron chi connectivity index (χ4n) is 2.97. The van der Waals surface area contributed by atoms with Crippen LogP contribution in [-0.4, -0.2) is 13.9 Å². The van der Waals surface area contributed by atoms with Gasteiger partial charge in [0.1, 0.15) is 5.78 Å². The van der Waals surface area contributed by atoms with Crippen molar-refractivity contribution in [2.45, 2.75) is 78.6 Å². The largest absolute Gasteiger partial charge is 0.300 e. The van der Waals surface area contributed by atoms with Crippen LogP contribution in [0.25, 0.3) is 0 Å². The smallest absolute Gasteiger partial charge is 0.133 e.